The molecule has 2 rings (SSSR count). The van der Waals surface area contributed by atoms with E-state index < -0.39 is 60.0 Å². The van der Waals surface area contributed by atoms with Crippen LogP contribution in [0.4, 0.5) is 70.2 Å². The molecule has 0 aliphatic carbocycles. The van der Waals surface area contributed by atoms with E-state index in [9.17, 15) is 70.2 Å². The van der Waals surface area contributed by atoms with Gasteiger partial charge in [0.25, 0.3) is 5.92 Å². The highest BCUT2D eigenvalue weighted by atomic mass is 19.4. The van der Waals surface area contributed by atoms with Crippen molar-refractivity contribution in [1.82, 2.24) is 0 Å². The van der Waals surface area contributed by atoms with E-state index in [0.717, 1.165) is 0 Å². The summed E-state index contributed by atoms with van der Waals surface area (Å²) in [5, 5.41) is 0. The molecule has 0 N–H and O–H groups in total. The molecule has 4 nitrogen and oxygen atoms in total. The van der Waals surface area contributed by atoms with Gasteiger partial charge in [-0.05, 0) is 25.7 Å². The molecule has 2 fully saturated rings. The highest BCUT2D eigenvalue weighted by Gasteiger charge is 2.84. The summed E-state index contributed by atoms with van der Waals surface area (Å²) < 4.78 is 208. The molecule has 20 heteroatoms. The third-order valence-electron chi connectivity index (χ3n) is 3.74. The van der Waals surface area contributed by atoms with Crippen LogP contribution in [0.2, 0.25) is 0 Å². The Morgan fingerprint density at radius 2 is 1.19 bits per heavy atom. The number of rotatable bonds is 1. The average Bonchev–Trinajstić information content (AvgIpc) is 3.03. The standard InChI is InChI=1S/C7H6F8O2.C5F8O2.C5H4/c1-3(8,9)4(2)16-5(10,6(11,12)13)7(14,15)17-4;6-1(7)2-14-3(8,4(9,10)11)5(12,13)15-2;1-3-5-4-2/h1-2H3;;1H,2H3. The zero-order chi connectivity index (χ0) is 30.1. The van der Waals surface area contributed by atoms with Gasteiger partial charge in [-0.2, -0.15) is 61.5 Å². The van der Waals surface area contributed by atoms with Crippen molar-refractivity contribution in [2.24, 2.45) is 0 Å². The van der Waals surface area contributed by atoms with Crippen LogP contribution in [0.5, 0.6) is 0 Å². The molecule has 0 aromatic carbocycles. The average molecular weight is 582 g/mol. The molecule has 0 radical (unpaired) electrons. The molecule has 2 aliphatic rings. The number of halogens is 16. The fraction of sp³-hybridized carbons (Fsp3) is 0.647. The van der Waals surface area contributed by atoms with Crippen molar-refractivity contribution < 1.29 is 89.2 Å². The number of ether oxygens (including phenoxy) is 4. The molecule has 0 spiro atoms. The van der Waals surface area contributed by atoms with Crippen LogP contribution in [-0.4, -0.2) is 48.0 Å². The van der Waals surface area contributed by atoms with Crippen LogP contribution in [0.1, 0.15) is 20.8 Å². The van der Waals surface area contributed by atoms with Crippen LogP contribution in [0.15, 0.2) is 12.0 Å². The lowest BCUT2D eigenvalue weighted by molar-refractivity contribution is -0.395. The Hall–Kier alpha value is -2.74. The Morgan fingerprint density at radius 1 is 0.757 bits per heavy atom. The summed E-state index contributed by atoms with van der Waals surface area (Å²) >= 11 is 0. The van der Waals surface area contributed by atoms with Crippen molar-refractivity contribution in [3.05, 3.63) is 12.0 Å². The van der Waals surface area contributed by atoms with Crippen LogP contribution in [0, 0.1) is 24.2 Å². The van der Waals surface area contributed by atoms with Gasteiger partial charge in [0.1, 0.15) is 0 Å². The lowest BCUT2D eigenvalue weighted by Crippen LogP contribution is -2.53. The smallest absolute Gasteiger partial charge is 0.407 e. The maximum Gasteiger partial charge on any atom is 0.483 e. The Morgan fingerprint density at radius 3 is 1.35 bits per heavy atom. The molecule has 37 heavy (non-hydrogen) atoms. The molecule has 0 amide bonds. The van der Waals surface area contributed by atoms with E-state index in [1.807, 2.05) is 0 Å². The summed E-state index contributed by atoms with van der Waals surface area (Å²) in [6, 6.07) is 0. The summed E-state index contributed by atoms with van der Waals surface area (Å²) in [6.07, 6.45) is -22.0. The summed E-state index contributed by atoms with van der Waals surface area (Å²) in [7, 11) is 0. The molecule has 3 atom stereocenters. The Kier molecular flexibility index (Phi) is 9.44. The van der Waals surface area contributed by atoms with Gasteiger partial charge in [-0.1, -0.05) is 5.92 Å². The lowest BCUT2D eigenvalue weighted by Gasteiger charge is -2.29. The predicted molar refractivity (Wildman–Crippen MR) is 84.6 cm³/mol. The molecule has 0 saturated carbocycles. The molecule has 3 unspecified atom stereocenters. The quantitative estimate of drug-likeness (QED) is 0.252. The molecule has 214 valence electrons. The van der Waals surface area contributed by atoms with E-state index in [4.69, 9.17) is 6.42 Å². The van der Waals surface area contributed by atoms with E-state index in [0.29, 0.717) is 0 Å². The second-order valence-corrected chi connectivity index (χ2v) is 6.53. The molecule has 2 heterocycles. The van der Waals surface area contributed by atoms with Gasteiger partial charge in [0.2, 0.25) is 5.79 Å². The van der Waals surface area contributed by atoms with E-state index in [2.05, 4.69) is 36.7 Å². The number of alkyl halides is 14. The fourth-order valence-electron chi connectivity index (χ4n) is 1.82. The van der Waals surface area contributed by atoms with Crippen LogP contribution in [-0.2, 0) is 18.9 Å². The Bertz CT molecular complexity index is 959. The van der Waals surface area contributed by atoms with Crippen LogP contribution >= 0.6 is 0 Å². The highest BCUT2D eigenvalue weighted by Crippen LogP contribution is 2.58. The highest BCUT2D eigenvalue weighted by molar-refractivity contribution is 5.20. The van der Waals surface area contributed by atoms with Gasteiger partial charge in [0.05, 0.1) is 0 Å². The summed E-state index contributed by atoms with van der Waals surface area (Å²) in [6.45, 7) is 1.76. The minimum Gasteiger partial charge on any atom is -0.407 e. The van der Waals surface area contributed by atoms with E-state index >= 15 is 0 Å². The first-order valence-corrected chi connectivity index (χ1v) is 8.45. The van der Waals surface area contributed by atoms with Gasteiger partial charge < -0.3 is 9.47 Å². The van der Waals surface area contributed by atoms with Crippen LogP contribution in [0.25, 0.3) is 0 Å². The van der Waals surface area contributed by atoms with Gasteiger partial charge >= 0.3 is 48.3 Å². The lowest BCUT2D eigenvalue weighted by atomic mass is 10.2. The second-order valence-electron chi connectivity index (χ2n) is 6.53. The van der Waals surface area contributed by atoms with Crippen LogP contribution < -0.4 is 0 Å². The van der Waals surface area contributed by atoms with Crippen molar-refractivity contribution >= 4 is 0 Å². The molecule has 0 aromatic heterocycles. The summed E-state index contributed by atoms with van der Waals surface area (Å²) in [5.41, 5.74) is 0. The molecule has 0 bridgehead atoms. The maximum atomic E-state index is 13.1. The molecular formula is C17H10F16O4. The Balaban J connectivity index is 0.000000596. The number of hydrogen-bond donors (Lipinski definition) is 0. The third-order valence-corrected chi connectivity index (χ3v) is 3.74. The van der Waals surface area contributed by atoms with Gasteiger partial charge in [-0.25, -0.2) is 8.78 Å². The fourth-order valence-corrected chi connectivity index (χ4v) is 1.82. The summed E-state index contributed by atoms with van der Waals surface area (Å²) in [4.78, 5) is 0. The molecule has 0 aromatic rings. The van der Waals surface area contributed by atoms with Gasteiger partial charge in [0.15, 0.2) is 0 Å². The van der Waals surface area contributed by atoms with Gasteiger partial charge in [-0.3, -0.25) is 9.47 Å². The monoisotopic (exact) mass is 582 g/mol. The normalized spacial score (nSPS) is 30.2. The molecular weight excluding hydrogens is 572 g/mol. The first-order chi connectivity index (χ1) is 16.1. The first kappa shape index (κ1) is 34.3. The molecule has 2 saturated heterocycles. The topological polar surface area (TPSA) is 36.9 Å². The minimum atomic E-state index is -6.22. The zero-order valence-electron chi connectivity index (χ0n) is 17.8. The van der Waals surface area contributed by atoms with Crippen LogP contribution in [0.3, 0.4) is 0 Å². The van der Waals surface area contributed by atoms with Crippen molar-refractivity contribution in [2.75, 3.05) is 0 Å². The molecule has 2 aliphatic heterocycles. The zero-order valence-corrected chi connectivity index (χ0v) is 17.8. The van der Waals surface area contributed by atoms with E-state index in [1.165, 1.54) is 0 Å². The first-order valence-electron chi connectivity index (χ1n) is 8.45. The second kappa shape index (κ2) is 10.2. The van der Waals surface area contributed by atoms with Crippen molar-refractivity contribution in [2.45, 2.75) is 68.8 Å². The largest absolute Gasteiger partial charge is 0.483 e. The van der Waals surface area contributed by atoms with Crippen molar-refractivity contribution in [3.63, 3.8) is 0 Å². The van der Waals surface area contributed by atoms with E-state index in [-0.39, 0.29) is 13.8 Å². The van der Waals surface area contributed by atoms with Crippen molar-refractivity contribution in [3.8, 4) is 24.2 Å². The minimum absolute atomic E-state index is 0.0365. The van der Waals surface area contributed by atoms with Crippen molar-refractivity contribution in [1.29, 1.82) is 0 Å². The van der Waals surface area contributed by atoms with E-state index in [1.54, 1.807) is 6.92 Å². The Labute approximate surface area is 195 Å². The number of terminal acetylenes is 1. The SMILES string of the molecule is C#CC#CC.CC(F)(F)C1(C)OC(F)(F)C(F)(C(F)(F)F)O1.FC(F)=C1OC(F)(F)C(F)(C(F)(F)F)O1. The van der Waals surface area contributed by atoms with Gasteiger partial charge in [0, 0.05) is 6.92 Å². The van der Waals surface area contributed by atoms with Gasteiger partial charge in [-0.15, -0.1) is 6.42 Å². The summed E-state index contributed by atoms with van der Waals surface area (Å²) in [5.74, 6) is -14.6. The number of hydrogen-bond acceptors (Lipinski definition) is 4. The maximum absolute atomic E-state index is 13.1. The predicted octanol–water partition coefficient (Wildman–Crippen LogP) is 6.79. The third kappa shape index (κ3) is 6.58.